The minimum atomic E-state index is -2.61. The van der Waals surface area contributed by atoms with E-state index in [-0.39, 0.29) is 5.69 Å². The molecular formula is C15H22F2N4O. The molecule has 22 heavy (non-hydrogen) atoms. The first-order valence-electron chi connectivity index (χ1n) is 7.64. The number of carbonyl (C=O) groups excluding carboxylic acids is 1. The molecule has 122 valence electrons. The standard InChI is InChI=1S/C15H22F2N4O/c1-20(14-10-18-13(9-19-14)15(16)17)7-8-21(11-22)12-5-3-2-4-6-12/h9-12,15H,2-8H2,1H3. The first-order valence-corrected chi connectivity index (χ1v) is 7.64. The summed E-state index contributed by atoms with van der Waals surface area (Å²) in [5.74, 6) is 0.527. The highest BCUT2D eigenvalue weighted by Crippen LogP contribution is 2.22. The highest BCUT2D eigenvalue weighted by atomic mass is 19.3. The molecule has 1 aliphatic rings. The summed E-state index contributed by atoms with van der Waals surface area (Å²) in [4.78, 5) is 22.6. The van der Waals surface area contributed by atoms with E-state index in [0.29, 0.717) is 24.9 Å². The summed E-state index contributed by atoms with van der Waals surface area (Å²) in [7, 11) is 1.82. The van der Waals surface area contributed by atoms with Gasteiger partial charge < -0.3 is 9.80 Å². The number of hydrogen-bond acceptors (Lipinski definition) is 4. The fourth-order valence-electron chi connectivity index (χ4n) is 2.76. The van der Waals surface area contributed by atoms with Crippen LogP contribution in [0.5, 0.6) is 0 Å². The lowest BCUT2D eigenvalue weighted by molar-refractivity contribution is -0.120. The number of likely N-dealkylation sites (N-methyl/N-ethyl adjacent to an activating group) is 1. The number of carbonyl (C=O) groups is 1. The fourth-order valence-corrected chi connectivity index (χ4v) is 2.76. The first kappa shape index (κ1) is 16.6. The Labute approximate surface area is 129 Å². The molecule has 0 N–H and O–H groups in total. The third kappa shape index (κ3) is 4.35. The third-order valence-corrected chi connectivity index (χ3v) is 4.15. The summed E-state index contributed by atoms with van der Waals surface area (Å²) in [6, 6.07) is 0.326. The average Bonchev–Trinajstić information content (AvgIpc) is 2.56. The molecule has 7 heteroatoms. The Morgan fingerprint density at radius 3 is 2.50 bits per heavy atom. The molecule has 0 atom stereocenters. The molecule has 0 aromatic carbocycles. The minimum Gasteiger partial charge on any atom is -0.357 e. The number of alkyl halides is 2. The second kappa shape index (κ2) is 8.00. The number of aromatic nitrogens is 2. The van der Waals surface area contributed by atoms with Gasteiger partial charge in [0.25, 0.3) is 6.43 Å². The van der Waals surface area contributed by atoms with Crippen molar-refractivity contribution < 1.29 is 13.6 Å². The van der Waals surface area contributed by atoms with E-state index in [2.05, 4.69) is 9.97 Å². The summed E-state index contributed by atoms with van der Waals surface area (Å²) in [5, 5.41) is 0. The zero-order chi connectivity index (χ0) is 15.9. The number of amides is 1. The van der Waals surface area contributed by atoms with Crippen molar-refractivity contribution in [3.05, 3.63) is 18.1 Å². The topological polar surface area (TPSA) is 49.3 Å². The normalized spacial score (nSPS) is 15.8. The quantitative estimate of drug-likeness (QED) is 0.726. The third-order valence-electron chi connectivity index (χ3n) is 4.15. The Balaban J connectivity index is 1.87. The molecule has 1 amide bonds. The van der Waals surface area contributed by atoms with Crippen LogP contribution in [-0.2, 0) is 4.79 Å². The number of rotatable bonds is 7. The van der Waals surface area contributed by atoms with Crippen LogP contribution in [0.25, 0.3) is 0 Å². The van der Waals surface area contributed by atoms with Gasteiger partial charge in [-0.25, -0.2) is 18.7 Å². The van der Waals surface area contributed by atoms with E-state index in [1.54, 1.807) is 0 Å². The average molecular weight is 312 g/mol. The fraction of sp³-hybridized carbons (Fsp3) is 0.667. The SMILES string of the molecule is CN(CCN(C=O)C1CCCCC1)c1cnc(C(F)F)cn1. The van der Waals surface area contributed by atoms with Crippen molar-refractivity contribution in [2.45, 2.75) is 44.6 Å². The molecule has 0 aliphatic heterocycles. The Bertz CT molecular complexity index is 463. The van der Waals surface area contributed by atoms with Crippen LogP contribution in [0.3, 0.4) is 0 Å². The number of hydrogen-bond donors (Lipinski definition) is 0. The predicted octanol–water partition coefficient (Wildman–Crippen LogP) is 2.64. The van der Waals surface area contributed by atoms with Crippen molar-refractivity contribution in [2.75, 3.05) is 25.0 Å². The molecule has 1 fully saturated rings. The Morgan fingerprint density at radius 2 is 1.95 bits per heavy atom. The lowest BCUT2D eigenvalue weighted by atomic mass is 9.94. The highest BCUT2D eigenvalue weighted by Gasteiger charge is 2.20. The molecule has 0 bridgehead atoms. The van der Waals surface area contributed by atoms with Gasteiger partial charge in [-0.2, -0.15) is 0 Å². The number of halogens is 2. The van der Waals surface area contributed by atoms with Crippen LogP contribution in [0.2, 0.25) is 0 Å². The van der Waals surface area contributed by atoms with Crippen LogP contribution >= 0.6 is 0 Å². The molecule has 1 aromatic rings. The van der Waals surface area contributed by atoms with Crippen molar-refractivity contribution in [1.29, 1.82) is 0 Å². The number of nitrogens with zero attached hydrogens (tertiary/aromatic N) is 4. The second-order valence-electron chi connectivity index (χ2n) is 5.66. The molecule has 0 unspecified atom stereocenters. The zero-order valence-corrected chi connectivity index (χ0v) is 12.8. The van der Waals surface area contributed by atoms with E-state index in [1.807, 2.05) is 16.8 Å². The van der Waals surface area contributed by atoms with Gasteiger partial charge in [-0.05, 0) is 12.8 Å². The summed E-state index contributed by atoms with van der Waals surface area (Å²) in [6.45, 7) is 1.20. The van der Waals surface area contributed by atoms with E-state index in [4.69, 9.17) is 0 Å². The molecule has 1 aromatic heterocycles. The molecule has 1 aliphatic carbocycles. The summed E-state index contributed by atoms with van der Waals surface area (Å²) >= 11 is 0. The Morgan fingerprint density at radius 1 is 1.23 bits per heavy atom. The van der Waals surface area contributed by atoms with Gasteiger partial charge in [0.1, 0.15) is 11.5 Å². The van der Waals surface area contributed by atoms with Gasteiger partial charge >= 0.3 is 0 Å². The molecule has 5 nitrogen and oxygen atoms in total. The summed E-state index contributed by atoms with van der Waals surface area (Å²) in [5.41, 5.74) is -0.325. The molecule has 1 saturated carbocycles. The maximum absolute atomic E-state index is 12.4. The van der Waals surface area contributed by atoms with Crippen molar-refractivity contribution in [3.8, 4) is 0 Å². The van der Waals surface area contributed by atoms with Crippen LogP contribution in [-0.4, -0.2) is 47.5 Å². The van der Waals surface area contributed by atoms with E-state index in [9.17, 15) is 13.6 Å². The van der Waals surface area contributed by atoms with E-state index in [0.717, 1.165) is 25.4 Å². The summed E-state index contributed by atoms with van der Waals surface area (Å²) in [6.07, 6.45) is 6.45. The molecule has 0 radical (unpaired) electrons. The smallest absolute Gasteiger partial charge is 0.281 e. The van der Waals surface area contributed by atoms with Crippen molar-refractivity contribution in [1.82, 2.24) is 14.9 Å². The molecular weight excluding hydrogens is 290 g/mol. The van der Waals surface area contributed by atoms with E-state index >= 15 is 0 Å². The van der Waals surface area contributed by atoms with Gasteiger partial charge in [0.15, 0.2) is 0 Å². The maximum atomic E-state index is 12.4. The number of anilines is 1. The van der Waals surface area contributed by atoms with Gasteiger partial charge in [-0.1, -0.05) is 19.3 Å². The van der Waals surface area contributed by atoms with Crippen LogP contribution in [0.4, 0.5) is 14.6 Å². The minimum absolute atomic E-state index is 0.325. The molecule has 1 heterocycles. The Kier molecular flexibility index (Phi) is 6.03. The van der Waals surface area contributed by atoms with Gasteiger partial charge in [0, 0.05) is 26.2 Å². The predicted molar refractivity (Wildman–Crippen MR) is 79.9 cm³/mol. The van der Waals surface area contributed by atoms with Crippen LogP contribution in [0, 0.1) is 0 Å². The molecule has 2 rings (SSSR count). The molecule has 0 saturated heterocycles. The van der Waals surface area contributed by atoms with Gasteiger partial charge in [-0.3, -0.25) is 4.79 Å². The lowest BCUT2D eigenvalue weighted by Gasteiger charge is -2.32. The second-order valence-corrected chi connectivity index (χ2v) is 5.66. The van der Waals surface area contributed by atoms with Crippen LogP contribution in [0.1, 0.15) is 44.2 Å². The lowest BCUT2D eigenvalue weighted by Crippen LogP contribution is -2.40. The first-order chi connectivity index (χ1) is 10.6. The van der Waals surface area contributed by atoms with Gasteiger partial charge in [0.05, 0.1) is 12.4 Å². The zero-order valence-electron chi connectivity index (χ0n) is 12.8. The Hall–Kier alpha value is -1.79. The largest absolute Gasteiger partial charge is 0.357 e. The van der Waals surface area contributed by atoms with Crippen LogP contribution in [0.15, 0.2) is 12.4 Å². The highest BCUT2D eigenvalue weighted by molar-refractivity contribution is 5.48. The van der Waals surface area contributed by atoms with Crippen LogP contribution < -0.4 is 4.90 Å². The van der Waals surface area contributed by atoms with E-state index in [1.165, 1.54) is 25.5 Å². The van der Waals surface area contributed by atoms with Gasteiger partial charge in [-0.15, -0.1) is 0 Å². The van der Waals surface area contributed by atoms with Crippen molar-refractivity contribution in [2.24, 2.45) is 0 Å². The summed E-state index contributed by atoms with van der Waals surface area (Å²) < 4.78 is 24.9. The molecule has 0 spiro atoms. The van der Waals surface area contributed by atoms with Crippen molar-refractivity contribution >= 4 is 12.2 Å². The monoisotopic (exact) mass is 312 g/mol. The van der Waals surface area contributed by atoms with E-state index < -0.39 is 6.43 Å². The van der Waals surface area contributed by atoms with Crippen molar-refractivity contribution in [3.63, 3.8) is 0 Å². The van der Waals surface area contributed by atoms with Gasteiger partial charge in [0.2, 0.25) is 6.41 Å². The maximum Gasteiger partial charge on any atom is 0.281 e.